The molecule has 0 unspecified atom stereocenters. The summed E-state index contributed by atoms with van der Waals surface area (Å²) in [6.45, 7) is 2.27. The molecule has 0 amide bonds. The van der Waals surface area contributed by atoms with Crippen LogP contribution in [0.15, 0.2) is 18.3 Å². The van der Waals surface area contributed by atoms with Crippen molar-refractivity contribution in [3.8, 4) is 0 Å². The Morgan fingerprint density at radius 2 is 2.29 bits per heavy atom. The van der Waals surface area contributed by atoms with Crippen molar-refractivity contribution in [3.05, 3.63) is 23.5 Å². The van der Waals surface area contributed by atoms with Crippen molar-refractivity contribution in [2.45, 2.75) is 18.4 Å². The molecule has 1 aliphatic rings. The van der Waals surface area contributed by atoms with E-state index >= 15 is 0 Å². The Labute approximate surface area is 106 Å². The third-order valence-corrected chi connectivity index (χ3v) is 3.38. The first-order valence-electron chi connectivity index (χ1n) is 5.72. The summed E-state index contributed by atoms with van der Waals surface area (Å²) in [5.41, 5.74) is 0.835. The van der Waals surface area contributed by atoms with Crippen molar-refractivity contribution in [1.29, 1.82) is 0 Å². The van der Waals surface area contributed by atoms with E-state index in [0.29, 0.717) is 5.15 Å². The van der Waals surface area contributed by atoms with Gasteiger partial charge in [0.2, 0.25) is 0 Å². The van der Waals surface area contributed by atoms with Crippen LogP contribution in [-0.2, 0) is 9.47 Å². The largest absolute Gasteiger partial charge is 0.382 e. The lowest BCUT2D eigenvalue weighted by Crippen LogP contribution is -2.44. The molecular formula is C12H17ClN2O2. The number of ether oxygens (including phenoxy) is 2. The maximum Gasteiger partial charge on any atom is 0.131 e. The van der Waals surface area contributed by atoms with Gasteiger partial charge in [0.1, 0.15) is 5.15 Å². The van der Waals surface area contributed by atoms with E-state index in [1.54, 1.807) is 13.3 Å². The minimum absolute atomic E-state index is 0.131. The van der Waals surface area contributed by atoms with E-state index in [1.165, 1.54) is 0 Å². The number of hydrogen-bond donors (Lipinski definition) is 1. The van der Waals surface area contributed by atoms with Gasteiger partial charge >= 0.3 is 0 Å². The zero-order valence-corrected chi connectivity index (χ0v) is 10.7. The lowest BCUT2D eigenvalue weighted by atomic mass is 9.94. The number of nitrogens with one attached hydrogen (secondary N) is 1. The topological polar surface area (TPSA) is 43.4 Å². The van der Waals surface area contributed by atoms with Gasteiger partial charge in [0.25, 0.3) is 0 Å². The number of pyridine rings is 1. The van der Waals surface area contributed by atoms with E-state index in [-0.39, 0.29) is 5.60 Å². The summed E-state index contributed by atoms with van der Waals surface area (Å²) >= 11 is 5.83. The molecule has 1 fully saturated rings. The monoisotopic (exact) mass is 256 g/mol. The second kappa shape index (κ2) is 5.67. The Balaban J connectivity index is 1.95. The van der Waals surface area contributed by atoms with Crippen LogP contribution < -0.4 is 5.32 Å². The van der Waals surface area contributed by atoms with Gasteiger partial charge in [-0.15, -0.1) is 0 Å². The molecule has 94 valence electrons. The van der Waals surface area contributed by atoms with E-state index < -0.39 is 0 Å². The zero-order valence-electron chi connectivity index (χ0n) is 9.91. The van der Waals surface area contributed by atoms with Crippen LogP contribution in [0.3, 0.4) is 0 Å². The molecule has 0 atom stereocenters. The molecule has 0 spiro atoms. The number of hydrogen-bond acceptors (Lipinski definition) is 4. The highest BCUT2D eigenvalue weighted by molar-refractivity contribution is 6.29. The van der Waals surface area contributed by atoms with Crippen LogP contribution in [0.25, 0.3) is 0 Å². The van der Waals surface area contributed by atoms with Crippen LogP contribution in [0, 0.1) is 0 Å². The molecule has 1 N–H and O–H groups in total. The molecule has 2 heterocycles. The molecule has 2 rings (SSSR count). The van der Waals surface area contributed by atoms with Gasteiger partial charge in [-0.3, -0.25) is 0 Å². The molecule has 5 heteroatoms. The van der Waals surface area contributed by atoms with E-state index in [9.17, 15) is 0 Å². The van der Waals surface area contributed by atoms with Gasteiger partial charge in [-0.1, -0.05) is 11.6 Å². The fraction of sp³-hybridized carbons (Fsp3) is 0.583. The number of rotatable bonds is 4. The number of halogens is 1. The number of aromatic nitrogens is 1. The van der Waals surface area contributed by atoms with Crippen LogP contribution in [-0.4, -0.2) is 37.5 Å². The lowest BCUT2D eigenvalue weighted by molar-refractivity contribution is -0.0807. The Morgan fingerprint density at radius 1 is 1.53 bits per heavy atom. The quantitative estimate of drug-likeness (QED) is 0.840. The highest BCUT2D eigenvalue weighted by Crippen LogP contribution is 2.25. The molecule has 4 nitrogen and oxygen atoms in total. The minimum atomic E-state index is -0.131. The molecular weight excluding hydrogens is 240 g/mol. The van der Waals surface area contributed by atoms with Crippen molar-refractivity contribution in [3.63, 3.8) is 0 Å². The fourth-order valence-corrected chi connectivity index (χ4v) is 2.15. The van der Waals surface area contributed by atoms with Crippen molar-refractivity contribution in [2.24, 2.45) is 0 Å². The van der Waals surface area contributed by atoms with Crippen molar-refractivity contribution in [2.75, 3.05) is 32.2 Å². The molecule has 1 aromatic heterocycles. The molecule has 0 saturated carbocycles. The highest BCUT2D eigenvalue weighted by Gasteiger charge is 2.32. The maximum absolute atomic E-state index is 5.83. The average molecular weight is 257 g/mol. The van der Waals surface area contributed by atoms with Gasteiger partial charge in [0.05, 0.1) is 5.60 Å². The first kappa shape index (κ1) is 12.6. The van der Waals surface area contributed by atoms with Crippen LogP contribution in [0.4, 0.5) is 5.69 Å². The molecule has 0 aromatic carbocycles. The summed E-state index contributed by atoms with van der Waals surface area (Å²) in [7, 11) is 1.76. The predicted octanol–water partition coefficient (Wildman–Crippen LogP) is 2.34. The summed E-state index contributed by atoms with van der Waals surface area (Å²) < 4.78 is 11.0. The molecule has 0 bridgehead atoms. The van der Waals surface area contributed by atoms with Gasteiger partial charge in [-0.2, -0.15) is 0 Å². The summed E-state index contributed by atoms with van der Waals surface area (Å²) in [4.78, 5) is 3.95. The summed E-state index contributed by atoms with van der Waals surface area (Å²) in [5.74, 6) is 0. The standard InChI is InChI=1S/C12H17ClN2O2/c1-16-12(3-6-17-7-4-12)9-15-10-2-5-14-11(13)8-10/h2,5,8H,3-4,6-7,9H2,1H3,(H,14,15). The first-order chi connectivity index (χ1) is 8.24. The highest BCUT2D eigenvalue weighted by atomic mass is 35.5. The van der Waals surface area contributed by atoms with Crippen LogP contribution in [0.5, 0.6) is 0 Å². The molecule has 1 saturated heterocycles. The Kier molecular flexibility index (Phi) is 4.20. The summed E-state index contributed by atoms with van der Waals surface area (Å²) in [6.07, 6.45) is 3.51. The van der Waals surface area contributed by atoms with E-state index in [4.69, 9.17) is 21.1 Å². The van der Waals surface area contributed by atoms with Gasteiger partial charge in [-0.05, 0) is 12.1 Å². The molecule has 1 aliphatic heterocycles. The summed E-state index contributed by atoms with van der Waals surface area (Å²) in [6, 6.07) is 3.71. The summed E-state index contributed by atoms with van der Waals surface area (Å²) in [5, 5.41) is 3.84. The third-order valence-electron chi connectivity index (χ3n) is 3.18. The second-order valence-electron chi connectivity index (χ2n) is 4.22. The molecule has 0 aliphatic carbocycles. The van der Waals surface area contributed by atoms with E-state index in [0.717, 1.165) is 38.3 Å². The second-order valence-corrected chi connectivity index (χ2v) is 4.61. The number of nitrogens with zero attached hydrogens (tertiary/aromatic N) is 1. The number of methoxy groups -OCH3 is 1. The zero-order chi connectivity index (χ0) is 12.1. The average Bonchev–Trinajstić information content (AvgIpc) is 2.38. The minimum Gasteiger partial charge on any atom is -0.382 e. The Morgan fingerprint density at radius 3 is 2.94 bits per heavy atom. The SMILES string of the molecule is COC1(CNc2ccnc(Cl)c2)CCOCC1. The smallest absolute Gasteiger partial charge is 0.131 e. The number of anilines is 1. The van der Waals surface area contributed by atoms with Gasteiger partial charge in [-0.25, -0.2) is 4.98 Å². The van der Waals surface area contributed by atoms with Gasteiger partial charge in [0, 0.05) is 51.6 Å². The third kappa shape index (κ3) is 3.31. The lowest BCUT2D eigenvalue weighted by Gasteiger charge is -2.36. The van der Waals surface area contributed by atoms with Crippen LogP contribution in [0.1, 0.15) is 12.8 Å². The first-order valence-corrected chi connectivity index (χ1v) is 6.10. The van der Waals surface area contributed by atoms with Crippen molar-refractivity contribution >= 4 is 17.3 Å². The molecule has 17 heavy (non-hydrogen) atoms. The van der Waals surface area contributed by atoms with Crippen LogP contribution in [0.2, 0.25) is 5.15 Å². The molecule has 1 aromatic rings. The normalized spacial score (nSPS) is 18.9. The molecule has 0 radical (unpaired) electrons. The van der Waals surface area contributed by atoms with Crippen LogP contribution >= 0.6 is 11.6 Å². The Bertz CT molecular complexity index is 367. The van der Waals surface area contributed by atoms with E-state index in [1.807, 2.05) is 12.1 Å². The van der Waals surface area contributed by atoms with Gasteiger partial charge in [0.15, 0.2) is 0 Å². The van der Waals surface area contributed by atoms with Crippen molar-refractivity contribution in [1.82, 2.24) is 4.98 Å². The Hall–Kier alpha value is -0.840. The fourth-order valence-electron chi connectivity index (χ4n) is 1.97. The maximum atomic E-state index is 5.83. The predicted molar refractivity (Wildman–Crippen MR) is 67.5 cm³/mol. The van der Waals surface area contributed by atoms with E-state index in [2.05, 4.69) is 10.3 Å². The van der Waals surface area contributed by atoms with Gasteiger partial charge < -0.3 is 14.8 Å². The van der Waals surface area contributed by atoms with Crippen molar-refractivity contribution < 1.29 is 9.47 Å².